The van der Waals surface area contributed by atoms with Gasteiger partial charge in [0.2, 0.25) is 5.91 Å². The molecule has 1 N–H and O–H groups in total. The van der Waals surface area contributed by atoms with Gasteiger partial charge in [-0.15, -0.1) is 0 Å². The van der Waals surface area contributed by atoms with Gasteiger partial charge in [-0.05, 0) is 24.1 Å². The van der Waals surface area contributed by atoms with Crippen molar-refractivity contribution in [3.8, 4) is 0 Å². The summed E-state index contributed by atoms with van der Waals surface area (Å²) >= 11 is 3.27. The predicted octanol–water partition coefficient (Wildman–Crippen LogP) is 1.30. The average molecular weight is 390 g/mol. The highest BCUT2D eigenvalue weighted by Gasteiger charge is 2.32. The van der Waals surface area contributed by atoms with Crippen LogP contribution in [-0.4, -0.2) is 49.1 Å². The highest BCUT2D eigenvalue weighted by atomic mass is 79.9. The number of hydrogen-bond donors (Lipinski definition) is 1. The molecular formula is C14H16BrNO5S. The number of hydrogen-bond acceptors (Lipinski definition) is 4. The van der Waals surface area contributed by atoms with E-state index in [1.807, 2.05) is 0 Å². The molecule has 0 aromatic heterocycles. The maximum atomic E-state index is 12.1. The normalized spacial score (nSPS) is 18.4. The Balaban J connectivity index is 1.97. The summed E-state index contributed by atoms with van der Waals surface area (Å²) in [7, 11) is -3.59. The molecule has 0 saturated carbocycles. The second-order valence-electron chi connectivity index (χ2n) is 5.33. The fourth-order valence-corrected chi connectivity index (χ4v) is 4.19. The van der Waals surface area contributed by atoms with Crippen LogP contribution in [0.2, 0.25) is 0 Å². The number of sulfone groups is 1. The third-order valence-electron chi connectivity index (χ3n) is 3.51. The van der Waals surface area contributed by atoms with Crippen molar-refractivity contribution in [1.29, 1.82) is 0 Å². The third kappa shape index (κ3) is 4.54. The second-order valence-corrected chi connectivity index (χ2v) is 8.31. The quantitative estimate of drug-likeness (QED) is 0.818. The zero-order valence-electron chi connectivity index (χ0n) is 11.7. The maximum absolute atomic E-state index is 12.1. The SMILES string of the molecule is O=C(O)C1CCN(C(=O)CS(=O)(=O)Cc2cccc(Br)c2)C1. The molecule has 120 valence electrons. The Kier molecular flexibility index (Phi) is 5.23. The minimum absolute atomic E-state index is 0.0839. The van der Waals surface area contributed by atoms with Gasteiger partial charge >= 0.3 is 5.97 Å². The zero-order valence-corrected chi connectivity index (χ0v) is 14.1. The van der Waals surface area contributed by atoms with E-state index in [9.17, 15) is 18.0 Å². The summed E-state index contributed by atoms with van der Waals surface area (Å²) < 4.78 is 25.0. The van der Waals surface area contributed by atoms with Crippen molar-refractivity contribution >= 4 is 37.6 Å². The monoisotopic (exact) mass is 389 g/mol. The van der Waals surface area contributed by atoms with Crippen molar-refractivity contribution in [2.75, 3.05) is 18.8 Å². The third-order valence-corrected chi connectivity index (χ3v) is 5.46. The number of carbonyl (C=O) groups excluding carboxylic acids is 1. The van der Waals surface area contributed by atoms with Crippen molar-refractivity contribution in [3.05, 3.63) is 34.3 Å². The molecular weight excluding hydrogens is 374 g/mol. The summed E-state index contributed by atoms with van der Waals surface area (Å²) in [6, 6.07) is 6.90. The van der Waals surface area contributed by atoms with Crippen LogP contribution in [0.15, 0.2) is 28.7 Å². The lowest BCUT2D eigenvalue weighted by Crippen LogP contribution is -2.35. The molecule has 1 aliphatic rings. The number of carboxylic acids is 1. The average Bonchev–Trinajstić information content (AvgIpc) is 2.87. The number of benzene rings is 1. The molecule has 0 aliphatic carbocycles. The van der Waals surface area contributed by atoms with Crippen LogP contribution in [0.4, 0.5) is 0 Å². The van der Waals surface area contributed by atoms with E-state index >= 15 is 0 Å². The van der Waals surface area contributed by atoms with Gasteiger partial charge in [-0.25, -0.2) is 8.42 Å². The topological polar surface area (TPSA) is 91.8 Å². The van der Waals surface area contributed by atoms with Crippen LogP contribution >= 0.6 is 15.9 Å². The first kappa shape index (κ1) is 17.0. The van der Waals surface area contributed by atoms with E-state index in [2.05, 4.69) is 15.9 Å². The second kappa shape index (κ2) is 6.78. The van der Waals surface area contributed by atoms with E-state index in [0.29, 0.717) is 18.5 Å². The Morgan fingerprint density at radius 3 is 2.68 bits per heavy atom. The number of nitrogens with zero attached hydrogens (tertiary/aromatic N) is 1. The number of aliphatic carboxylic acids is 1. The summed E-state index contributed by atoms with van der Waals surface area (Å²) in [5, 5.41) is 8.91. The molecule has 1 amide bonds. The molecule has 1 saturated heterocycles. The van der Waals surface area contributed by atoms with Gasteiger partial charge in [0, 0.05) is 17.6 Å². The van der Waals surface area contributed by atoms with Crippen LogP contribution in [0.5, 0.6) is 0 Å². The molecule has 0 radical (unpaired) electrons. The van der Waals surface area contributed by atoms with Gasteiger partial charge in [0.1, 0.15) is 5.75 Å². The summed E-state index contributed by atoms with van der Waals surface area (Å²) in [6.45, 7) is 0.378. The van der Waals surface area contributed by atoms with Crippen molar-refractivity contribution in [1.82, 2.24) is 4.90 Å². The summed E-state index contributed by atoms with van der Waals surface area (Å²) in [6.07, 6.45) is 0.368. The molecule has 1 aliphatic heterocycles. The van der Waals surface area contributed by atoms with E-state index in [1.54, 1.807) is 24.3 Å². The molecule has 8 heteroatoms. The van der Waals surface area contributed by atoms with E-state index in [1.165, 1.54) is 4.90 Å². The molecule has 22 heavy (non-hydrogen) atoms. The van der Waals surface area contributed by atoms with Crippen molar-refractivity contribution in [3.63, 3.8) is 0 Å². The van der Waals surface area contributed by atoms with Gasteiger partial charge < -0.3 is 10.0 Å². The first-order chi connectivity index (χ1) is 10.3. The standard InChI is InChI=1S/C14H16BrNO5S/c15-12-3-1-2-10(6-12)8-22(20,21)9-13(17)16-5-4-11(7-16)14(18)19/h1-3,6,11H,4-5,7-9H2,(H,18,19). The molecule has 1 unspecified atom stereocenters. The van der Waals surface area contributed by atoms with Gasteiger partial charge in [0.15, 0.2) is 9.84 Å². The van der Waals surface area contributed by atoms with Gasteiger partial charge in [0.05, 0.1) is 11.7 Å². The Bertz CT molecular complexity index is 688. The largest absolute Gasteiger partial charge is 0.481 e. The number of likely N-dealkylation sites (tertiary alicyclic amines) is 1. The summed E-state index contributed by atoms with van der Waals surface area (Å²) in [4.78, 5) is 24.2. The van der Waals surface area contributed by atoms with Crippen molar-refractivity contribution in [2.24, 2.45) is 5.92 Å². The first-order valence-corrected chi connectivity index (χ1v) is 9.34. The van der Waals surface area contributed by atoms with E-state index in [-0.39, 0.29) is 12.3 Å². The molecule has 2 rings (SSSR count). The van der Waals surface area contributed by atoms with Crippen LogP contribution in [0.3, 0.4) is 0 Å². The van der Waals surface area contributed by atoms with Crippen LogP contribution in [0.1, 0.15) is 12.0 Å². The van der Waals surface area contributed by atoms with Gasteiger partial charge in [-0.1, -0.05) is 28.1 Å². The molecule has 1 fully saturated rings. The number of carbonyl (C=O) groups is 2. The van der Waals surface area contributed by atoms with Crippen LogP contribution in [0, 0.1) is 5.92 Å². The number of halogens is 1. The van der Waals surface area contributed by atoms with E-state index < -0.39 is 33.4 Å². The number of rotatable bonds is 5. The van der Waals surface area contributed by atoms with Gasteiger partial charge in [-0.2, -0.15) is 0 Å². The fraction of sp³-hybridized carbons (Fsp3) is 0.429. The van der Waals surface area contributed by atoms with Crippen LogP contribution in [-0.2, 0) is 25.2 Å². The zero-order chi connectivity index (χ0) is 16.3. The Labute approximate surface area is 137 Å². The Morgan fingerprint density at radius 2 is 2.09 bits per heavy atom. The highest BCUT2D eigenvalue weighted by Crippen LogP contribution is 2.18. The molecule has 1 heterocycles. The minimum Gasteiger partial charge on any atom is -0.481 e. The van der Waals surface area contributed by atoms with Crippen LogP contribution in [0.25, 0.3) is 0 Å². The van der Waals surface area contributed by atoms with E-state index in [4.69, 9.17) is 5.11 Å². The summed E-state index contributed by atoms with van der Waals surface area (Å²) in [5.41, 5.74) is 0.604. The molecule has 1 aromatic rings. The molecule has 6 nitrogen and oxygen atoms in total. The lowest BCUT2D eigenvalue weighted by atomic mass is 10.1. The summed E-state index contributed by atoms with van der Waals surface area (Å²) in [5.74, 6) is -2.89. The Morgan fingerprint density at radius 1 is 1.36 bits per heavy atom. The van der Waals surface area contributed by atoms with Crippen molar-refractivity contribution in [2.45, 2.75) is 12.2 Å². The predicted molar refractivity (Wildman–Crippen MR) is 84.0 cm³/mol. The smallest absolute Gasteiger partial charge is 0.308 e. The van der Waals surface area contributed by atoms with Gasteiger partial charge in [0.25, 0.3) is 0 Å². The van der Waals surface area contributed by atoms with Crippen LogP contribution < -0.4 is 0 Å². The minimum atomic E-state index is -3.59. The van der Waals surface area contributed by atoms with Crippen molar-refractivity contribution < 1.29 is 23.1 Å². The molecule has 1 aromatic carbocycles. The lowest BCUT2D eigenvalue weighted by molar-refractivity contribution is -0.141. The maximum Gasteiger partial charge on any atom is 0.308 e. The number of carboxylic acid groups (broad SMARTS) is 1. The lowest BCUT2D eigenvalue weighted by Gasteiger charge is -2.15. The first-order valence-electron chi connectivity index (χ1n) is 6.72. The fourth-order valence-electron chi connectivity index (χ4n) is 2.40. The van der Waals surface area contributed by atoms with Gasteiger partial charge in [-0.3, -0.25) is 9.59 Å². The molecule has 0 bridgehead atoms. The molecule has 0 spiro atoms. The Hall–Kier alpha value is -1.41. The highest BCUT2D eigenvalue weighted by molar-refractivity contribution is 9.10. The number of amides is 1. The molecule has 1 atom stereocenters. The van der Waals surface area contributed by atoms with E-state index in [0.717, 1.165) is 4.47 Å².